The zero-order chi connectivity index (χ0) is 19.9. The van der Waals surface area contributed by atoms with Crippen LogP contribution in [0, 0.1) is 0 Å². The number of hydrogen-bond acceptors (Lipinski definition) is 3. The van der Waals surface area contributed by atoms with Crippen molar-refractivity contribution in [3.63, 3.8) is 0 Å². The number of benzene rings is 2. The summed E-state index contributed by atoms with van der Waals surface area (Å²) in [5.74, 6) is 0.881. The quantitative estimate of drug-likeness (QED) is 0.448. The highest BCUT2D eigenvalue weighted by Crippen LogP contribution is 2.32. The average Bonchev–Trinajstić information content (AvgIpc) is 3.11. The van der Waals surface area contributed by atoms with E-state index in [0.717, 1.165) is 49.4 Å². The maximum absolute atomic E-state index is 12.8. The fourth-order valence-corrected chi connectivity index (χ4v) is 3.54. The molecule has 1 heterocycles. The number of fused-ring (bicyclic) bond motifs is 1. The summed E-state index contributed by atoms with van der Waals surface area (Å²) in [7, 11) is 2.10. The molecule has 148 valence electrons. The fourth-order valence-electron chi connectivity index (χ4n) is 3.41. The highest BCUT2D eigenvalue weighted by atomic mass is 35.5. The van der Waals surface area contributed by atoms with Crippen LogP contribution in [-0.2, 0) is 6.42 Å². The lowest BCUT2D eigenvalue weighted by Gasteiger charge is -2.18. The van der Waals surface area contributed by atoms with Crippen LogP contribution in [0.15, 0.2) is 55.1 Å². The van der Waals surface area contributed by atoms with E-state index < -0.39 is 0 Å². The monoisotopic (exact) mass is 398 g/mol. The summed E-state index contributed by atoms with van der Waals surface area (Å²) in [4.78, 5) is 16.9. The standard InChI is InChI=1S/C23H27ClN2O2/c1-3-13-25(2)14-4-5-16-28-21-10-11-22-19(17-21)12-15-26(22)23(27)18-6-8-20(24)9-7-18/h3,6-11,17H,1,4-5,12-16H2,2H3. The third-order valence-electron chi connectivity index (χ3n) is 4.93. The Bertz CT molecular complexity index is 820. The number of amides is 1. The van der Waals surface area contributed by atoms with E-state index in [0.29, 0.717) is 23.7 Å². The first-order valence-corrected chi connectivity index (χ1v) is 10.1. The lowest BCUT2D eigenvalue weighted by molar-refractivity contribution is 0.0989. The SMILES string of the molecule is C=CCN(C)CCCCOc1ccc2c(c1)CCN2C(=O)c1ccc(Cl)cc1. The van der Waals surface area contributed by atoms with Gasteiger partial charge < -0.3 is 14.5 Å². The Labute approximate surface area is 172 Å². The van der Waals surface area contributed by atoms with Crippen molar-refractivity contribution < 1.29 is 9.53 Å². The second-order valence-corrected chi connectivity index (χ2v) is 7.55. The Morgan fingerprint density at radius 2 is 2.04 bits per heavy atom. The van der Waals surface area contributed by atoms with E-state index in [1.165, 1.54) is 0 Å². The molecule has 1 aliphatic heterocycles. The largest absolute Gasteiger partial charge is 0.494 e. The molecule has 28 heavy (non-hydrogen) atoms. The number of nitrogens with zero attached hydrogens (tertiary/aromatic N) is 2. The van der Waals surface area contributed by atoms with E-state index in [2.05, 4.69) is 24.6 Å². The molecule has 0 spiro atoms. The summed E-state index contributed by atoms with van der Waals surface area (Å²) < 4.78 is 5.91. The summed E-state index contributed by atoms with van der Waals surface area (Å²) in [5.41, 5.74) is 2.78. The number of ether oxygens (including phenoxy) is 1. The number of halogens is 1. The van der Waals surface area contributed by atoms with Gasteiger partial charge in [-0.3, -0.25) is 4.79 Å². The van der Waals surface area contributed by atoms with E-state index in [-0.39, 0.29) is 5.91 Å². The summed E-state index contributed by atoms with van der Waals surface area (Å²) >= 11 is 5.92. The highest BCUT2D eigenvalue weighted by Gasteiger charge is 2.25. The predicted octanol–water partition coefficient (Wildman–Crippen LogP) is 4.82. The summed E-state index contributed by atoms with van der Waals surface area (Å²) in [6, 6.07) is 13.0. The summed E-state index contributed by atoms with van der Waals surface area (Å²) in [5, 5.41) is 0.632. The Kier molecular flexibility index (Phi) is 7.12. The van der Waals surface area contributed by atoms with Gasteiger partial charge in [0.05, 0.1) is 6.61 Å². The molecule has 0 aliphatic carbocycles. The molecular weight excluding hydrogens is 372 g/mol. The third-order valence-corrected chi connectivity index (χ3v) is 5.18. The first kappa shape index (κ1) is 20.4. The van der Waals surface area contributed by atoms with Gasteiger partial charge in [-0.1, -0.05) is 17.7 Å². The minimum Gasteiger partial charge on any atom is -0.494 e. The van der Waals surface area contributed by atoms with Gasteiger partial charge in [-0.05, 0) is 80.9 Å². The van der Waals surface area contributed by atoms with Crippen molar-refractivity contribution in [2.45, 2.75) is 19.3 Å². The molecule has 0 saturated heterocycles. The van der Waals surface area contributed by atoms with Gasteiger partial charge in [0.1, 0.15) is 5.75 Å². The molecule has 0 fully saturated rings. The zero-order valence-corrected chi connectivity index (χ0v) is 17.1. The van der Waals surface area contributed by atoms with Gasteiger partial charge in [0.25, 0.3) is 5.91 Å². The zero-order valence-electron chi connectivity index (χ0n) is 16.4. The van der Waals surface area contributed by atoms with Crippen LogP contribution < -0.4 is 9.64 Å². The number of unbranched alkanes of at least 4 members (excludes halogenated alkanes) is 1. The Morgan fingerprint density at radius 3 is 2.79 bits per heavy atom. The predicted molar refractivity (Wildman–Crippen MR) is 116 cm³/mol. The maximum atomic E-state index is 12.8. The lowest BCUT2D eigenvalue weighted by Crippen LogP contribution is -2.28. The molecule has 0 N–H and O–H groups in total. The number of anilines is 1. The van der Waals surface area contributed by atoms with Gasteiger partial charge in [0.2, 0.25) is 0 Å². The molecule has 0 saturated carbocycles. The van der Waals surface area contributed by atoms with Crippen molar-refractivity contribution in [2.75, 3.05) is 38.2 Å². The smallest absolute Gasteiger partial charge is 0.258 e. The van der Waals surface area contributed by atoms with Gasteiger partial charge in [0.15, 0.2) is 0 Å². The van der Waals surface area contributed by atoms with Crippen LogP contribution in [-0.4, -0.2) is 44.1 Å². The van der Waals surface area contributed by atoms with Crippen LogP contribution in [0.3, 0.4) is 0 Å². The number of hydrogen-bond donors (Lipinski definition) is 0. The maximum Gasteiger partial charge on any atom is 0.258 e. The Balaban J connectivity index is 1.53. The Morgan fingerprint density at radius 1 is 1.25 bits per heavy atom. The minimum atomic E-state index is 0.00716. The van der Waals surface area contributed by atoms with Gasteiger partial charge >= 0.3 is 0 Å². The van der Waals surface area contributed by atoms with E-state index in [1.54, 1.807) is 24.3 Å². The fraction of sp³-hybridized carbons (Fsp3) is 0.348. The average molecular weight is 399 g/mol. The molecule has 0 bridgehead atoms. The molecule has 4 nitrogen and oxygen atoms in total. The third kappa shape index (κ3) is 5.15. The molecule has 0 unspecified atom stereocenters. The van der Waals surface area contributed by atoms with Crippen molar-refractivity contribution in [1.29, 1.82) is 0 Å². The van der Waals surface area contributed by atoms with Gasteiger partial charge in [-0.15, -0.1) is 6.58 Å². The van der Waals surface area contributed by atoms with Gasteiger partial charge in [-0.25, -0.2) is 0 Å². The van der Waals surface area contributed by atoms with Crippen molar-refractivity contribution in [3.8, 4) is 5.75 Å². The first-order valence-electron chi connectivity index (χ1n) is 9.71. The van der Waals surface area contributed by atoms with E-state index in [1.807, 2.05) is 23.1 Å². The van der Waals surface area contributed by atoms with Crippen molar-refractivity contribution in [1.82, 2.24) is 4.90 Å². The number of likely N-dealkylation sites (N-methyl/N-ethyl adjacent to an activating group) is 1. The molecule has 0 radical (unpaired) electrons. The number of carbonyl (C=O) groups excluding carboxylic acids is 1. The first-order chi connectivity index (χ1) is 13.6. The van der Waals surface area contributed by atoms with E-state index in [4.69, 9.17) is 16.3 Å². The molecular formula is C23H27ClN2O2. The normalized spacial score (nSPS) is 12.9. The molecule has 2 aromatic rings. The topological polar surface area (TPSA) is 32.8 Å². The van der Waals surface area contributed by atoms with Crippen molar-refractivity contribution in [3.05, 3.63) is 71.3 Å². The van der Waals surface area contributed by atoms with Crippen LogP contribution in [0.25, 0.3) is 0 Å². The van der Waals surface area contributed by atoms with Crippen LogP contribution in [0.1, 0.15) is 28.8 Å². The van der Waals surface area contributed by atoms with E-state index >= 15 is 0 Å². The molecule has 3 rings (SSSR count). The van der Waals surface area contributed by atoms with Crippen LogP contribution >= 0.6 is 11.6 Å². The molecule has 0 aromatic heterocycles. The van der Waals surface area contributed by atoms with Crippen LogP contribution in [0.2, 0.25) is 5.02 Å². The molecule has 2 aromatic carbocycles. The van der Waals surface area contributed by atoms with Gasteiger partial charge in [-0.2, -0.15) is 0 Å². The van der Waals surface area contributed by atoms with Crippen LogP contribution in [0.4, 0.5) is 5.69 Å². The van der Waals surface area contributed by atoms with E-state index in [9.17, 15) is 4.79 Å². The molecule has 1 amide bonds. The van der Waals surface area contributed by atoms with Crippen molar-refractivity contribution in [2.24, 2.45) is 0 Å². The summed E-state index contributed by atoms with van der Waals surface area (Å²) in [6.45, 7) is 7.10. The van der Waals surface area contributed by atoms with Crippen LogP contribution in [0.5, 0.6) is 5.75 Å². The Hall–Kier alpha value is -2.30. The lowest BCUT2D eigenvalue weighted by atomic mass is 10.1. The number of rotatable bonds is 9. The molecule has 5 heteroatoms. The van der Waals surface area contributed by atoms with Gasteiger partial charge in [0, 0.05) is 29.4 Å². The second kappa shape index (κ2) is 9.76. The highest BCUT2D eigenvalue weighted by molar-refractivity contribution is 6.30. The minimum absolute atomic E-state index is 0.00716. The molecule has 0 atom stereocenters. The summed E-state index contributed by atoms with van der Waals surface area (Å²) in [6.07, 6.45) is 4.87. The number of carbonyl (C=O) groups is 1. The second-order valence-electron chi connectivity index (χ2n) is 7.11. The van der Waals surface area contributed by atoms with Crippen molar-refractivity contribution >= 4 is 23.2 Å². The molecule has 1 aliphatic rings.